The fraction of sp³-hybridized carbons (Fsp3) is 0.643. The van der Waals surface area contributed by atoms with Crippen LogP contribution in [0.2, 0.25) is 0 Å². The first-order valence-electron chi connectivity index (χ1n) is 6.55. The highest BCUT2D eigenvalue weighted by Crippen LogP contribution is 2.06. The number of rotatable bonds is 8. The van der Waals surface area contributed by atoms with Gasteiger partial charge in [0.1, 0.15) is 5.76 Å². The van der Waals surface area contributed by atoms with Crippen LogP contribution in [0.3, 0.4) is 0 Å². The van der Waals surface area contributed by atoms with Crippen LogP contribution in [0, 0.1) is 5.92 Å². The van der Waals surface area contributed by atoms with E-state index >= 15 is 0 Å². The Morgan fingerprint density at radius 1 is 1.50 bits per heavy atom. The molecule has 1 aromatic rings. The van der Waals surface area contributed by atoms with Crippen LogP contribution < -0.4 is 5.32 Å². The number of nitrogens with one attached hydrogen (secondary N) is 1. The van der Waals surface area contributed by atoms with Gasteiger partial charge in [0, 0.05) is 19.0 Å². The van der Waals surface area contributed by atoms with E-state index in [1.807, 2.05) is 26.0 Å². The molecule has 18 heavy (non-hydrogen) atoms. The van der Waals surface area contributed by atoms with E-state index in [4.69, 9.17) is 9.15 Å². The van der Waals surface area contributed by atoms with Crippen molar-refractivity contribution in [1.82, 2.24) is 5.32 Å². The molecule has 1 N–H and O–H groups in total. The van der Waals surface area contributed by atoms with Crippen LogP contribution in [0.4, 0.5) is 0 Å². The Morgan fingerprint density at radius 2 is 2.28 bits per heavy atom. The lowest BCUT2D eigenvalue weighted by molar-refractivity contribution is -0.147. The molecule has 0 bridgehead atoms. The third-order valence-electron chi connectivity index (χ3n) is 2.87. The molecule has 1 heterocycles. The molecule has 1 aromatic heterocycles. The Labute approximate surface area is 109 Å². The molecule has 4 heteroatoms. The molecule has 1 rings (SSSR count). The molecule has 102 valence electrons. The van der Waals surface area contributed by atoms with Gasteiger partial charge in [-0.3, -0.25) is 4.79 Å². The second kappa shape index (κ2) is 7.93. The molecule has 2 unspecified atom stereocenters. The normalized spacial score (nSPS) is 14.2. The molecule has 0 spiro atoms. The summed E-state index contributed by atoms with van der Waals surface area (Å²) in [6.45, 7) is 6.91. The second-order valence-electron chi connectivity index (χ2n) is 4.58. The monoisotopic (exact) mass is 253 g/mol. The maximum atomic E-state index is 11.4. The summed E-state index contributed by atoms with van der Waals surface area (Å²) in [5.41, 5.74) is 0. The quantitative estimate of drug-likeness (QED) is 0.723. The number of carbonyl (C=O) groups is 1. The lowest BCUT2D eigenvalue weighted by Crippen LogP contribution is -2.34. The zero-order valence-electron chi connectivity index (χ0n) is 11.4. The Kier molecular flexibility index (Phi) is 6.50. The number of hydrogen-bond acceptors (Lipinski definition) is 4. The highest BCUT2D eigenvalue weighted by atomic mass is 16.5. The highest BCUT2D eigenvalue weighted by molar-refractivity contribution is 5.72. The Balaban J connectivity index is 2.16. The third-order valence-corrected chi connectivity index (χ3v) is 2.87. The summed E-state index contributed by atoms with van der Waals surface area (Å²) >= 11 is 0. The van der Waals surface area contributed by atoms with Crippen molar-refractivity contribution in [2.45, 2.75) is 39.7 Å². The van der Waals surface area contributed by atoms with Crippen molar-refractivity contribution in [2.75, 3.05) is 13.2 Å². The van der Waals surface area contributed by atoms with E-state index in [9.17, 15) is 4.79 Å². The van der Waals surface area contributed by atoms with E-state index in [2.05, 4.69) is 12.2 Å². The van der Waals surface area contributed by atoms with Gasteiger partial charge in [-0.15, -0.1) is 0 Å². The fourth-order valence-electron chi connectivity index (χ4n) is 1.66. The maximum absolute atomic E-state index is 11.4. The fourth-order valence-corrected chi connectivity index (χ4v) is 1.66. The SMILES string of the molecule is CCOC(=O)C(C)CNC(C)CCc1ccco1. The summed E-state index contributed by atoms with van der Waals surface area (Å²) in [6, 6.07) is 4.23. The number of furan rings is 1. The maximum Gasteiger partial charge on any atom is 0.309 e. The zero-order valence-corrected chi connectivity index (χ0v) is 11.4. The Bertz CT molecular complexity index is 335. The van der Waals surface area contributed by atoms with E-state index in [0.717, 1.165) is 18.6 Å². The summed E-state index contributed by atoms with van der Waals surface area (Å²) in [5.74, 6) is 0.765. The minimum absolute atomic E-state index is 0.101. The van der Waals surface area contributed by atoms with Crippen LogP contribution in [0.25, 0.3) is 0 Å². The molecule has 0 saturated heterocycles. The van der Waals surface area contributed by atoms with Gasteiger partial charge >= 0.3 is 5.97 Å². The molecule has 0 radical (unpaired) electrons. The summed E-state index contributed by atoms with van der Waals surface area (Å²) < 4.78 is 10.2. The van der Waals surface area contributed by atoms with Crippen LogP contribution in [-0.2, 0) is 16.0 Å². The van der Waals surface area contributed by atoms with Gasteiger partial charge in [-0.25, -0.2) is 0 Å². The van der Waals surface area contributed by atoms with Crippen LogP contribution in [-0.4, -0.2) is 25.2 Å². The van der Waals surface area contributed by atoms with Crippen LogP contribution in [0.15, 0.2) is 22.8 Å². The van der Waals surface area contributed by atoms with Crippen molar-refractivity contribution in [1.29, 1.82) is 0 Å². The summed E-state index contributed by atoms with van der Waals surface area (Å²) in [4.78, 5) is 11.4. The first-order valence-corrected chi connectivity index (χ1v) is 6.55. The van der Waals surface area contributed by atoms with Crippen molar-refractivity contribution in [3.8, 4) is 0 Å². The van der Waals surface area contributed by atoms with Crippen molar-refractivity contribution in [3.63, 3.8) is 0 Å². The zero-order chi connectivity index (χ0) is 13.4. The van der Waals surface area contributed by atoms with Gasteiger partial charge in [-0.05, 0) is 32.4 Å². The Morgan fingerprint density at radius 3 is 2.89 bits per heavy atom. The molecular formula is C14H23NO3. The average Bonchev–Trinajstić information content (AvgIpc) is 2.86. The van der Waals surface area contributed by atoms with Gasteiger partial charge in [-0.1, -0.05) is 6.92 Å². The summed E-state index contributed by atoms with van der Waals surface area (Å²) in [5, 5.41) is 3.34. The standard InChI is InChI=1S/C14H23NO3/c1-4-17-14(16)11(2)10-15-12(3)7-8-13-6-5-9-18-13/h5-6,9,11-12,15H,4,7-8,10H2,1-3H3. The van der Waals surface area contributed by atoms with E-state index in [-0.39, 0.29) is 11.9 Å². The number of carbonyl (C=O) groups excluding carboxylic acids is 1. The minimum Gasteiger partial charge on any atom is -0.469 e. The van der Waals surface area contributed by atoms with Crippen LogP contribution in [0.5, 0.6) is 0 Å². The first-order chi connectivity index (χ1) is 8.63. The molecule has 0 amide bonds. The lowest BCUT2D eigenvalue weighted by Gasteiger charge is -2.16. The van der Waals surface area contributed by atoms with Crippen molar-refractivity contribution in [2.24, 2.45) is 5.92 Å². The number of esters is 1. The molecule has 0 aliphatic heterocycles. The lowest BCUT2D eigenvalue weighted by atomic mass is 10.1. The van der Waals surface area contributed by atoms with Crippen LogP contribution >= 0.6 is 0 Å². The number of hydrogen-bond donors (Lipinski definition) is 1. The highest BCUT2D eigenvalue weighted by Gasteiger charge is 2.14. The molecule has 0 aromatic carbocycles. The molecule has 0 fully saturated rings. The van der Waals surface area contributed by atoms with Crippen molar-refractivity contribution >= 4 is 5.97 Å². The molecule has 2 atom stereocenters. The van der Waals surface area contributed by atoms with Gasteiger partial charge in [0.05, 0.1) is 18.8 Å². The van der Waals surface area contributed by atoms with Gasteiger partial charge in [0.15, 0.2) is 0 Å². The van der Waals surface area contributed by atoms with Gasteiger partial charge in [0.2, 0.25) is 0 Å². The molecule has 0 aliphatic carbocycles. The predicted molar refractivity (Wildman–Crippen MR) is 70.3 cm³/mol. The first kappa shape index (κ1) is 14.8. The van der Waals surface area contributed by atoms with E-state index < -0.39 is 0 Å². The topological polar surface area (TPSA) is 51.5 Å². The third kappa shape index (κ3) is 5.36. The van der Waals surface area contributed by atoms with Gasteiger partial charge < -0.3 is 14.5 Å². The van der Waals surface area contributed by atoms with Gasteiger partial charge in [-0.2, -0.15) is 0 Å². The summed E-state index contributed by atoms with van der Waals surface area (Å²) in [6.07, 6.45) is 3.59. The van der Waals surface area contributed by atoms with Gasteiger partial charge in [0.25, 0.3) is 0 Å². The second-order valence-corrected chi connectivity index (χ2v) is 4.58. The average molecular weight is 253 g/mol. The van der Waals surface area contributed by atoms with E-state index in [1.54, 1.807) is 6.26 Å². The van der Waals surface area contributed by atoms with E-state index in [1.165, 1.54) is 0 Å². The van der Waals surface area contributed by atoms with Crippen molar-refractivity contribution < 1.29 is 13.9 Å². The van der Waals surface area contributed by atoms with Crippen molar-refractivity contribution in [3.05, 3.63) is 24.2 Å². The Hall–Kier alpha value is -1.29. The van der Waals surface area contributed by atoms with E-state index in [0.29, 0.717) is 19.2 Å². The number of ether oxygens (including phenoxy) is 1. The smallest absolute Gasteiger partial charge is 0.309 e. The number of aryl methyl sites for hydroxylation is 1. The molecule has 4 nitrogen and oxygen atoms in total. The largest absolute Gasteiger partial charge is 0.469 e. The molecular weight excluding hydrogens is 230 g/mol. The minimum atomic E-state index is -0.136. The summed E-state index contributed by atoms with van der Waals surface area (Å²) in [7, 11) is 0. The molecule has 0 aliphatic rings. The predicted octanol–water partition coefficient (Wildman–Crippen LogP) is 2.39. The van der Waals surface area contributed by atoms with Crippen LogP contribution in [0.1, 0.15) is 33.0 Å². The molecule has 0 saturated carbocycles.